The molecule has 0 radical (unpaired) electrons. The number of rotatable bonds is 6. The van der Waals surface area contributed by atoms with Crippen LogP contribution in [0.2, 0.25) is 0 Å². The van der Waals surface area contributed by atoms with Gasteiger partial charge in [-0.2, -0.15) is 26.3 Å². The van der Waals surface area contributed by atoms with E-state index in [4.69, 9.17) is 5.11 Å². The van der Waals surface area contributed by atoms with Crippen LogP contribution in [0.5, 0.6) is 0 Å². The highest BCUT2D eigenvalue weighted by Crippen LogP contribution is 2.60. The molecule has 3 aliphatic carbocycles. The van der Waals surface area contributed by atoms with Gasteiger partial charge < -0.3 is 10.4 Å². The van der Waals surface area contributed by atoms with E-state index in [0.29, 0.717) is 6.07 Å². The molecule has 0 bridgehead atoms. The van der Waals surface area contributed by atoms with Crippen LogP contribution in [0.25, 0.3) is 0 Å². The molecule has 3 atom stereocenters. The minimum Gasteiger partial charge on any atom is -0.481 e. The van der Waals surface area contributed by atoms with Gasteiger partial charge in [0.25, 0.3) is 0 Å². The first-order chi connectivity index (χ1) is 19.8. The number of fused-ring (bicyclic) bond motifs is 3. The Bertz CT molecular complexity index is 1540. The topological polar surface area (TPSA) is 101 Å². The molecule has 2 fully saturated rings. The van der Waals surface area contributed by atoms with Crippen LogP contribution >= 0.6 is 0 Å². The van der Waals surface area contributed by atoms with Gasteiger partial charge in [0.15, 0.2) is 9.84 Å². The van der Waals surface area contributed by atoms with Crippen LogP contribution in [-0.4, -0.2) is 43.8 Å². The maximum absolute atomic E-state index is 14.9. The number of carboxylic acid groups (broad SMARTS) is 1. The molecule has 6 nitrogen and oxygen atoms in total. The number of aryl methyl sites for hydroxylation is 1. The smallest absolute Gasteiger partial charge is 0.435 e. The van der Waals surface area contributed by atoms with Gasteiger partial charge in [0.1, 0.15) is 10.6 Å². The van der Waals surface area contributed by atoms with Crippen molar-refractivity contribution in [2.75, 3.05) is 0 Å². The molecule has 0 aromatic heterocycles. The Kier molecular flexibility index (Phi) is 7.37. The second-order valence-corrected chi connectivity index (χ2v) is 13.6. The van der Waals surface area contributed by atoms with Crippen molar-refractivity contribution in [3.63, 3.8) is 0 Å². The lowest BCUT2D eigenvalue weighted by molar-refractivity contribution is -0.348. The summed E-state index contributed by atoms with van der Waals surface area (Å²) in [6.45, 7) is 0. The molecule has 0 aliphatic heterocycles. The minimum absolute atomic E-state index is 0.0225. The molecule has 15 heteroatoms. The maximum atomic E-state index is 14.9. The lowest BCUT2D eigenvalue weighted by Crippen LogP contribution is -2.52. The van der Waals surface area contributed by atoms with Crippen LogP contribution < -0.4 is 5.32 Å². The molecule has 234 valence electrons. The number of sulfone groups is 1. The molecule has 2 aromatic rings. The fourth-order valence-corrected chi connectivity index (χ4v) is 9.41. The van der Waals surface area contributed by atoms with Gasteiger partial charge in [-0.1, -0.05) is 18.2 Å². The molecule has 0 saturated heterocycles. The summed E-state index contributed by atoms with van der Waals surface area (Å²) < 4.78 is 136. The van der Waals surface area contributed by atoms with E-state index in [-0.39, 0.29) is 60.6 Å². The van der Waals surface area contributed by atoms with Gasteiger partial charge in [0.2, 0.25) is 5.91 Å². The Morgan fingerprint density at radius 3 is 2.07 bits per heavy atom. The quantitative estimate of drug-likeness (QED) is 0.311. The standard InChI is InChI=1S/C28H25F8NO5S/c29-17-3-5-19(6-4-17)43(41,42)25-10-9-20(23(38)37-18-12-15(13-18)24(39)40)22(25)7-1-14-11-16(2-8-21(14)25)26(30,27(31,32)33)28(34,35)36/h2-6,8,11,15,18,20,22H,1,7,9-10,12-13H2,(H,37,38)(H,39,40)/t15-,18+,20-,22+,25-/m1/s1. The molecule has 1 amide bonds. The fourth-order valence-electron chi connectivity index (χ4n) is 6.94. The highest BCUT2D eigenvalue weighted by molar-refractivity contribution is 7.92. The zero-order valence-electron chi connectivity index (χ0n) is 22.1. The molecule has 2 saturated carbocycles. The fraction of sp³-hybridized carbons (Fsp3) is 0.500. The molecule has 43 heavy (non-hydrogen) atoms. The van der Waals surface area contributed by atoms with Crippen LogP contribution in [0.15, 0.2) is 47.4 Å². The third kappa shape index (κ3) is 4.69. The summed E-state index contributed by atoms with van der Waals surface area (Å²) in [5, 5.41) is 11.8. The number of carbonyl (C=O) groups excluding carboxylic acids is 1. The number of benzene rings is 2. The summed E-state index contributed by atoms with van der Waals surface area (Å²) in [4.78, 5) is 24.1. The van der Waals surface area contributed by atoms with E-state index >= 15 is 0 Å². The maximum Gasteiger partial charge on any atom is 0.435 e. The van der Waals surface area contributed by atoms with Crippen molar-refractivity contribution in [2.24, 2.45) is 17.8 Å². The van der Waals surface area contributed by atoms with Crippen molar-refractivity contribution in [1.29, 1.82) is 0 Å². The van der Waals surface area contributed by atoms with Gasteiger partial charge in [-0.05, 0) is 79.8 Å². The largest absolute Gasteiger partial charge is 0.481 e. The Labute approximate surface area is 240 Å². The highest BCUT2D eigenvalue weighted by atomic mass is 32.2. The SMILES string of the molecule is O=C(N[C@H]1C[C@@H](C(=O)O)C1)[C@@H]1CC[C@@]2(S(=O)(=O)c3ccc(F)cc3)c3ccc(C(F)(C(F)(F)F)C(F)(F)F)cc3CC[C@@H]12. The minimum atomic E-state index is -6.37. The third-order valence-electron chi connectivity index (χ3n) is 9.15. The Morgan fingerprint density at radius 1 is 0.907 bits per heavy atom. The Morgan fingerprint density at radius 2 is 1.51 bits per heavy atom. The first-order valence-electron chi connectivity index (χ1n) is 13.3. The number of carbonyl (C=O) groups is 2. The van der Waals surface area contributed by atoms with Crippen molar-refractivity contribution >= 4 is 21.7 Å². The Balaban J connectivity index is 1.60. The van der Waals surface area contributed by atoms with Crippen molar-refractivity contribution in [2.45, 2.75) is 72.2 Å². The lowest BCUT2D eigenvalue weighted by atomic mass is 9.72. The summed E-state index contributed by atoms with van der Waals surface area (Å²) in [5.74, 6) is -4.91. The summed E-state index contributed by atoms with van der Waals surface area (Å²) >= 11 is 0. The summed E-state index contributed by atoms with van der Waals surface area (Å²) in [5.41, 5.74) is -7.85. The molecule has 2 N–H and O–H groups in total. The number of amides is 1. The van der Waals surface area contributed by atoms with Gasteiger partial charge in [-0.25, -0.2) is 17.2 Å². The first kappa shape index (κ1) is 31.2. The molecule has 0 unspecified atom stereocenters. The average Bonchev–Trinajstić information content (AvgIpc) is 3.30. The Hall–Kier alpha value is -3.23. The number of alkyl halides is 7. The van der Waals surface area contributed by atoms with Gasteiger partial charge in [-0.3, -0.25) is 9.59 Å². The molecule has 2 aromatic carbocycles. The summed E-state index contributed by atoms with van der Waals surface area (Å²) in [6, 6.07) is 4.68. The van der Waals surface area contributed by atoms with Gasteiger partial charge in [-0.15, -0.1) is 0 Å². The predicted molar refractivity (Wildman–Crippen MR) is 133 cm³/mol. The van der Waals surface area contributed by atoms with Gasteiger partial charge in [0, 0.05) is 17.5 Å². The van der Waals surface area contributed by atoms with Crippen LogP contribution in [0, 0.1) is 23.6 Å². The van der Waals surface area contributed by atoms with Gasteiger partial charge >= 0.3 is 24.0 Å². The van der Waals surface area contributed by atoms with E-state index < -0.39 is 79.7 Å². The van der Waals surface area contributed by atoms with E-state index in [2.05, 4.69) is 5.32 Å². The number of aliphatic carboxylic acids is 1. The summed E-state index contributed by atoms with van der Waals surface area (Å²) in [6.07, 6.45) is -13.0. The zero-order valence-corrected chi connectivity index (χ0v) is 22.9. The number of nitrogens with one attached hydrogen (secondary N) is 1. The third-order valence-corrected chi connectivity index (χ3v) is 11.7. The number of hydrogen-bond acceptors (Lipinski definition) is 4. The monoisotopic (exact) mass is 639 g/mol. The van der Waals surface area contributed by atoms with E-state index in [0.717, 1.165) is 30.3 Å². The normalized spacial score (nSPS) is 27.5. The van der Waals surface area contributed by atoms with Crippen LogP contribution in [0.1, 0.15) is 48.8 Å². The number of carboxylic acids is 1. The number of hydrogen-bond donors (Lipinski definition) is 2. The van der Waals surface area contributed by atoms with E-state index in [1.807, 2.05) is 0 Å². The van der Waals surface area contributed by atoms with E-state index in [9.17, 15) is 53.1 Å². The highest BCUT2D eigenvalue weighted by Gasteiger charge is 2.74. The van der Waals surface area contributed by atoms with Crippen LogP contribution in [0.3, 0.4) is 0 Å². The molecule has 0 heterocycles. The van der Waals surface area contributed by atoms with Crippen molar-refractivity contribution < 1.29 is 58.2 Å². The van der Waals surface area contributed by atoms with Crippen molar-refractivity contribution in [1.82, 2.24) is 5.32 Å². The first-order valence-corrected chi connectivity index (χ1v) is 14.8. The molecular formula is C28H25F8NO5S. The zero-order chi connectivity index (χ0) is 31.8. The van der Waals surface area contributed by atoms with Gasteiger partial charge in [0.05, 0.1) is 10.8 Å². The van der Waals surface area contributed by atoms with Crippen LogP contribution in [0.4, 0.5) is 35.1 Å². The molecule has 3 aliphatic rings. The van der Waals surface area contributed by atoms with Crippen molar-refractivity contribution in [3.05, 3.63) is 65.0 Å². The van der Waals surface area contributed by atoms with E-state index in [1.165, 1.54) is 0 Å². The van der Waals surface area contributed by atoms with Crippen LogP contribution in [-0.2, 0) is 36.3 Å². The molecule has 5 rings (SSSR count). The predicted octanol–water partition coefficient (Wildman–Crippen LogP) is 5.74. The molecular weight excluding hydrogens is 614 g/mol. The molecule has 0 spiro atoms. The second kappa shape index (κ2) is 10.2. The average molecular weight is 640 g/mol. The second-order valence-electron chi connectivity index (χ2n) is 11.4. The number of halogens is 8. The van der Waals surface area contributed by atoms with E-state index in [1.54, 1.807) is 0 Å². The lowest BCUT2D eigenvalue weighted by Gasteiger charge is -2.43. The summed E-state index contributed by atoms with van der Waals surface area (Å²) in [7, 11) is -4.56. The van der Waals surface area contributed by atoms with Crippen molar-refractivity contribution in [3.8, 4) is 0 Å².